The van der Waals surface area contributed by atoms with Crippen LogP contribution in [0.2, 0.25) is 0 Å². The highest BCUT2D eigenvalue weighted by Gasteiger charge is 2.15. The molecule has 1 heteroatoms. The summed E-state index contributed by atoms with van der Waals surface area (Å²) >= 11 is 0. The highest BCUT2D eigenvalue weighted by atomic mass is 14.9. The molecule has 1 N–H and O–H groups in total. The summed E-state index contributed by atoms with van der Waals surface area (Å²) in [5.74, 6) is 0.718. The van der Waals surface area contributed by atoms with E-state index in [1.54, 1.807) is 0 Å². The van der Waals surface area contributed by atoms with Crippen molar-refractivity contribution in [2.45, 2.75) is 26.2 Å². The maximum atomic E-state index is 3.46. The molecule has 2 aliphatic rings. The summed E-state index contributed by atoms with van der Waals surface area (Å²) in [5, 5.41) is 3.46. The zero-order chi connectivity index (χ0) is 9.10. The van der Waals surface area contributed by atoms with Gasteiger partial charge in [0.05, 0.1) is 0 Å². The lowest BCUT2D eigenvalue weighted by atomic mass is 9.91. The Morgan fingerprint density at radius 3 is 2.85 bits per heavy atom. The Morgan fingerprint density at radius 2 is 2.00 bits per heavy atom. The van der Waals surface area contributed by atoms with Gasteiger partial charge in [0.25, 0.3) is 0 Å². The van der Waals surface area contributed by atoms with Crippen LogP contribution in [0.3, 0.4) is 0 Å². The lowest BCUT2D eigenvalue weighted by Gasteiger charge is -2.24. The van der Waals surface area contributed by atoms with Gasteiger partial charge in [-0.15, -0.1) is 0 Å². The highest BCUT2D eigenvalue weighted by molar-refractivity contribution is 5.36. The van der Waals surface area contributed by atoms with Gasteiger partial charge in [-0.25, -0.2) is 0 Å². The van der Waals surface area contributed by atoms with Crippen molar-refractivity contribution in [2.75, 3.05) is 6.54 Å². The molecule has 0 aromatic rings. The van der Waals surface area contributed by atoms with E-state index in [1.807, 2.05) is 0 Å². The van der Waals surface area contributed by atoms with Crippen LogP contribution in [0, 0.1) is 5.92 Å². The lowest BCUT2D eigenvalue weighted by Crippen LogP contribution is -2.25. The quantitative estimate of drug-likeness (QED) is 0.597. The Labute approximate surface area is 80.2 Å². The Morgan fingerprint density at radius 1 is 1.23 bits per heavy atom. The first-order valence-corrected chi connectivity index (χ1v) is 5.19. The van der Waals surface area contributed by atoms with Crippen molar-refractivity contribution in [3.05, 3.63) is 35.6 Å². The van der Waals surface area contributed by atoms with Gasteiger partial charge in [0.15, 0.2) is 0 Å². The molecule has 0 aromatic carbocycles. The molecule has 1 aliphatic heterocycles. The van der Waals surface area contributed by atoms with Crippen molar-refractivity contribution >= 4 is 0 Å². The van der Waals surface area contributed by atoms with E-state index in [2.05, 4.69) is 36.5 Å². The monoisotopic (exact) mass is 175 g/mol. The Bertz CT molecular complexity index is 271. The first kappa shape index (κ1) is 8.61. The number of rotatable bonds is 0. The molecule has 0 bridgehead atoms. The first-order valence-electron chi connectivity index (χ1n) is 5.19. The van der Waals surface area contributed by atoms with E-state index in [4.69, 9.17) is 0 Å². The van der Waals surface area contributed by atoms with Crippen LogP contribution in [0.25, 0.3) is 0 Å². The van der Waals surface area contributed by atoms with Gasteiger partial charge in [0.1, 0.15) is 0 Å². The third-order valence-corrected chi connectivity index (χ3v) is 2.82. The average Bonchev–Trinajstić information content (AvgIpc) is 2.07. The van der Waals surface area contributed by atoms with Gasteiger partial charge in [-0.05, 0) is 36.8 Å². The normalized spacial score (nSPS) is 30.1. The zero-order valence-corrected chi connectivity index (χ0v) is 8.22. The first-order chi connectivity index (χ1) is 6.38. The van der Waals surface area contributed by atoms with E-state index in [0.717, 1.165) is 12.5 Å². The fourth-order valence-corrected chi connectivity index (χ4v) is 1.96. The van der Waals surface area contributed by atoms with Crippen molar-refractivity contribution in [3.8, 4) is 0 Å². The topological polar surface area (TPSA) is 12.0 Å². The number of hydrogen-bond donors (Lipinski definition) is 1. The summed E-state index contributed by atoms with van der Waals surface area (Å²) in [4.78, 5) is 0. The minimum absolute atomic E-state index is 0.718. The maximum Gasteiger partial charge on any atom is 0.0372 e. The third kappa shape index (κ3) is 1.85. The van der Waals surface area contributed by atoms with Crippen LogP contribution < -0.4 is 5.32 Å². The number of nitrogens with one attached hydrogen (secondary N) is 1. The second-order valence-electron chi connectivity index (χ2n) is 3.87. The van der Waals surface area contributed by atoms with E-state index < -0.39 is 0 Å². The summed E-state index contributed by atoms with van der Waals surface area (Å²) in [6.45, 7) is 3.44. The van der Waals surface area contributed by atoms with Gasteiger partial charge >= 0.3 is 0 Å². The average molecular weight is 175 g/mol. The summed E-state index contributed by atoms with van der Waals surface area (Å²) in [6, 6.07) is 0. The summed E-state index contributed by atoms with van der Waals surface area (Å²) in [5.41, 5.74) is 2.83. The van der Waals surface area contributed by atoms with E-state index in [-0.39, 0.29) is 0 Å². The SMILES string of the molecule is CC1CCNC2=C1/C=C/CCC=C2. The smallest absolute Gasteiger partial charge is 0.0372 e. The van der Waals surface area contributed by atoms with Crippen LogP contribution in [-0.2, 0) is 0 Å². The molecule has 0 radical (unpaired) electrons. The Kier molecular flexibility index (Phi) is 2.53. The van der Waals surface area contributed by atoms with Crippen LogP contribution in [0.15, 0.2) is 35.6 Å². The van der Waals surface area contributed by atoms with Crippen LogP contribution in [-0.4, -0.2) is 6.54 Å². The minimum Gasteiger partial charge on any atom is -0.385 e. The minimum atomic E-state index is 0.718. The fourth-order valence-electron chi connectivity index (χ4n) is 1.96. The Hall–Kier alpha value is -0.980. The van der Waals surface area contributed by atoms with Gasteiger partial charge in [-0.2, -0.15) is 0 Å². The molecular formula is C12H17N. The molecule has 0 fully saturated rings. The van der Waals surface area contributed by atoms with Crippen LogP contribution in [0.1, 0.15) is 26.2 Å². The molecule has 0 amide bonds. The van der Waals surface area contributed by atoms with E-state index in [0.29, 0.717) is 0 Å². The summed E-state index contributed by atoms with van der Waals surface area (Å²) < 4.78 is 0. The van der Waals surface area contributed by atoms with E-state index in [1.165, 1.54) is 30.5 Å². The highest BCUT2D eigenvalue weighted by Crippen LogP contribution is 2.24. The van der Waals surface area contributed by atoms with Crippen molar-refractivity contribution in [3.63, 3.8) is 0 Å². The summed E-state index contributed by atoms with van der Waals surface area (Å²) in [7, 11) is 0. The van der Waals surface area contributed by atoms with Crippen LogP contribution in [0.4, 0.5) is 0 Å². The van der Waals surface area contributed by atoms with E-state index >= 15 is 0 Å². The lowest BCUT2D eigenvalue weighted by molar-refractivity contribution is 0.553. The van der Waals surface area contributed by atoms with Gasteiger partial charge in [0, 0.05) is 12.2 Å². The molecule has 1 atom stereocenters. The molecule has 1 unspecified atom stereocenters. The second kappa shape index (κ2) is 3.82. The predicted molar refractivity (Wildman–Crippen MR) is 56.3 cm³/mol. The molecule has 13 heavy (non-hydrogen) atoms. The van der Waals surface area contributed by atoms with Gasteiger partial charge in [-0.1, -0.05) is 25.2 Å². The summed E-state index contributed by atoms with van der Waals surface area (Å²) in [6.07, 6.45) is 12.7. The van der Waals surface area contributed by atoms with Crippen molar-refractivity contribution < 1.29 is 0 Å². The molecule has 0 aromatic heterocycles. The van der Waals surface area contributed by atoms with Gasteiger partial charge in [0.2, 0.25) is 0 Å². The molecule has 1 heterocycles. The zero-order valence-electron chi connectivity index (χ0n) is 8.22. The standard InChI is InChI=1S/C12H17N/c1-10-8-9-13-12-7-5-3-2-4-6-11(10)12/h4-7,10,13H,2-3,8-9H2,1H3/b6-4+,7-5?. The Balaban J connectivity index is 2.33. The van der Waals surface area contributed by atoms with E-state index in [9.17, 15) is 0 Å². The third-order valence-electron chi connectivity index (χ3n) is 2.82. The van der Waals surface area contributed by atoms with Gasteiger partial charge < -0.3 is 5.32 Å². The fraction of sp³-hybridized carbons (Fsp3) is 0.500. The van der Waals surface area contributed by atoms with Gasteiger partial charge in [-0.3, -0.25) is 0 Å². The molecule has 2 rings (SSSR count). The molecule has 0 saturated carbocycles. The number of allylic oxidation sites excluding steroid dienone is 5. The number of hydrogen-bond acceptors (Lipinski definition) is 1. The van der Waals surface area contributed by atoms with Crippen LogP contribution in [0.5, 0.6) is 0 Å². The molecule has 1 nitrogen and oxygen atoms in total. The molecule has 0 spiro atoms. The largest absolute Gasteiger partial charge is 0.385 e. The van der Waals surface area contributed by atoms with Crippen molar-refractivity contribution in [1.29, 1.82) is 0 Å². The molecule has 70 valence electrons. The van der Waals surface area contributed by atoms with Crippen molar-refractivity contribution in [1.82, 2.24) is 5.32 Å². The molecular weight excluding hydrogens is 158 g/mol. The van der Waals surface area contributed by atoms with Crippen molar-refractivity contribution in [2.24, 2.45) is 5.92 Å². The maximum absolute atomic E-state index is 3.46. The predicted octanol–water partition coefficient (Wildman–Crippen LogP) is 2.78. The van der Waals surface area contributed by atoms with Crippen LogP contribution >= 0.6 is 0 Å². The second-order valence-corrected chi connectivity index (χ2v) is 3.87. The molecule has 0 saturated heterocycles. The molecule has 1 aliphatic carbocycles.